The van der Waals surface area contributed by atoms with Crippen molar-refractivity contribution in [1.82, 2.24) is 14.8 Å². The Morgan fingerprint density at radius 3 is 2.50 bits per heavy atom. The molecule has 1 heterocycles. The lowest BCUT2D eigenvalue weighted by atomic mass is 10.0. The molecule has 0 aromatic carbocycles. The maximum Gasteiger partial charge on any atom is 0.143 e. The fraction of sp³-hybridized carbons (Fsp3) is 0.818. The van der Waals surface area contributed by atoms with Crippen LogP contribution in [0.15, 0.2) is 0 Å². The molecule has 1 rings (SSSR count). The topological polar surface area (TPSA) is 39.9 Å². The first-order valence-corrected chi connectivity index (χ1v) is 6.87. The third-order valence-corrected chi connectivity index (χ3v) is 3.35. The molecular weight excluding hydrogens is 270 g/mol. The van der Waals surface area contributed by atoms with Crippen LogP contribution in [0.5, 0.6) is 0 Å². The highest BCUT2D eigenvalue weighted by molar-refractivity contribution is 9.08. The van der Waals surface area contributed by atoms with E-state index in [1.54, 1.807) is 7.11 Å². The van der Waals surface area contributed by atoms with Gasteiger partial charge in [0.05, 0.1) is 11.9 Å². The smallest absolute Gasteiger partial charge is 0.143 e. The number of nitrogens with zero attached hydrogens (tertiary/aromatic N) is 3. The van der Waals surface area contributed by atoms with Crippen molar-refractivity contribution < 1.29 is 4.74 Å². The second-order valence-electron chi connectivity index (χ2n) is 3.77. The Kier molecular flexibility index (Phi) is 5.98. The van der Waals surface area contributed by atoms with E-state index in [0.717, 1.165) is 36.4 Å². The van der Waals surface area contributed by atoms with Gasteiger partial charge in [-0.1, -0.05) is 29.8 Å². The predicted molar refractivity (Wildman–Crippen MR) is 67.9 cm³/mol. The molecule has 0 atom stereocenters. The highest BCUT2D eigenvalue weighted by Gasteiger charge is 2.17. The van der Waals surface area contributed by atoms with Gasteiger partial charge in [-0.05, 0) is 12.8 Å². The monoisotopic (exact) mass is 289 g/mol. The normalized spacial score (nSPS) is 11.3. The molecule has 0 fully saturated rings. The summed E-state index contributed by atoms with van der Waals surface area (Å²) in [7, 11) is 1.72. The van der Waals surface area contributed by atoms with Crippen LogP contribution in [-0.4, -0.2) is 28.5 Å². The van der Waals surface area contributed by atoms with Crippen LogP contribution in [0.1, 0.15) is 44.3 Å². The Hall–Kier alpha value is -0.420. The van der Waals surface area contributed by atoms with Crippen LogP contribution < -0.4 is 0 Å². The standard InChI is InChI=1S/C11H20BrN3O/c1-4-9(5-2)11-14-13-10(8-12)15(11)6-7-16-3/h9H,4-8H2,1-3H3. The molecule has 1 aromatic rings. The first-order valence-electron chi connectivity index (χ1n) is 5.75. The second-order valence-corrected chi connectivity index (χ2v) is 4.33. The molecule has 0 saturated heterocycles. The maximum absolute atomic E-state index is 5.12. The largest absolute Gasteiger partial charge is 0.383 e. The number of ether oxygens (including phenoxy) is 1. The Morgan fingerprint density at radius 1 is 1.31 bits per heavy atom. The van der Waals surface area contributed by atoms with Crippen molar-refractivity contribution in [1.29, 1.82) is 0 Å². The van der Waals surface area contributed by atoms with Crippen molar-refractivity contribution in [3.05, 3.63) is 11.6 Å². The summed E-state index contributed by atoms with van der Waals surface area (Å²) in [5.74, 6) is 2.58. The number of rotatable bonds is 7. The van der Waals surface area contributed by atoms with Crippen LogP contribution in [-0.2, 0) is 16.6 Å². The van der Waals surface area contributed by atoms with Gasteiger partial charge in [-0.15, -0.1) is 10.2 Å². The van der Waals surface area contributed by atoms with Gasteiger partial charge in [0.15, 0.2) is 0 Å². The number of aromatic nitrogens is 3. The van der Waals surface area contributed by atoms with E-state index in [-0.39, 0.29) is 0 Å². The first-order chi connectivity index (χ1) is 7.78. The van der Waals surface area contributed by atoms with Crippen LogP contribution in [0.4, 0.5) is 0 Å². The Labute approximate surface area is 106 Å². The third-order valence-electron chi connectivity index (χ3n) is 2.85. The van der Waals surface area contributed by atoms with E-state index in [4.69, 9.17) is 4.74 Å². The van der Waals surface area contributed by atoms with E-state index in [1.807, 2.05) is 0 Å². The highest BCUT2D eigenvalue weighted by Crippen LogP contribution is 2.22. The summed E-state index contributed by atoms with van der Waals surface area (Å²) in [6, 6.07) is 0. The van der Waals surface area contributed by atoms with E-state index in [0.29, 0.717) is 12.5 Å². The zero-order chi connectivity index (χ0) is 12.0. The van der Waals surface area contributed by atoms with Crippen molar-refractivity contribution >= 4 is 15.9 Å². The van der Waals surface area contributed by atoms with Crippen LogP contribution in [0.25, 0.3) is 0 Å². The predicted octanol–water partition coefficient (Wildman–Crippen LogP) is 2.72. The van der Waals surface area contributed by atoms with Gasteiger partial charge < -0.3 is 9.30 Å². The summed E-state index contributed by atoms with van der Waals surface area (Å²) in [5.41, 5.74) is 0. The van der Waals surface area contributed by atoms with Crippen LogP contribution in [0.2, 0.25) is 0 Å². The zero-order valence-electron chi connectivity index (χ0n) is 10.2. The molecule has 16 heavy (non-hydrogen) atoms. The van der Waals surface area contributed by atoms with Gasteiger partial charge in [-0.2, -0.15) is 0 Å². The molecule has 5 heteroatoms. The summed E-state index contributed by atoms with van der Waals surface area (Å²) in [4.78, 5) is 0. The van der Waals surface area contributed by atoms with Crippen molar-refractivity contribution in [3.63, 3.8) is 0 Å². The Morgan fingerprint density at radius 2 is 2.00 bits per heavy atom. The molecule has 0 saturated carbocycles. The van der Waals surface area contributed by atoms with Gasteiger partial charge in [0.25, 0.3) is 0 Å². The number of methoxy groups -OCH3 is 1. The number of alkyl halides is 1. The fourth-order valence-corrected chi connectivity index (χ4v) is 2.24. The minimum Gasteiger partial charge on any atom is -0.383 e. The lowest BCUT2D eigenvalue weighted by molar-refractivity contribution is 0.185. The van der Waals surface area contributed by atoms with Crippen molar-refractivity contribution in [2.24, 2.45) is 0 Å². The summed E-state index contributed by atoms with van der Waals surface area (Å²) >= 11 is 3.44. The third kappa shape index (κ3) is 3.04. The molecule has 0 amide bonds. The van der Waals surface area contributed by atoms with Crippen LogP contribution in [0, 0.1) is 0 Å². The van der Waals surface area contributed by atoms with Gasteiger partial charge in [-0.3, -0.25) is 0 Å². The molecule has 0 spiro atoms. The van der Waals surface area contributed by atoms with E-state index in [1.165, 1.54) is 0 Å². The second kappa shape index (κ2) is 7.01. The zero-order valence-corrected chi connectivity index (χ0v) is 11.8. The van der Waals surface area contributed by atoms with Gasteiger partial charge in [0, 0.05) is 19.6 Å². The highest BCUT2D eigenvalue weighted by atomic mass is 79.9. The molecule has 0 unspecified atom stereocenters. The molecule has 0 aliphatic rings. The summed E-state index contributed by atoms with van der Waals surface area (Å²) < 4.78 is 7.30. The lowest BCUT2D eigenvalue weighted by Crippen LogP contribution is -2.13. The number of halogens is 1. The minimum absolute atomic E-state index is 0.497. The van der Waals surface area contributed by atoms with Crippen molar-refractivity contribution in [3.8, 4) is 0 Å². The summed E-state index contributed by atoms with van der Waals surface area (Å²) in [6.45, 7) is 5.91. The van der Waals surface area contributed by atoms with E-state index >= 15 is 0 Å². The maximum atomic E-state index is 5.12. The number of hydrogen-bond acceptors (Lipinski definition) is 3. The van der Waals surface area contributed by atoms with E-state index in [9.17, 15) is 0 Å². The summed E-state index contributed by atoms with van der Waals surface area (Å²) in [6.07, 6.45) is 2.20. The fourth-order valence-electron chi connectivity index (χ4n) is 1.83. The Balaban J connectivity index is 2.93. The number of hydrogen-bond donors (Lipinski definition) is 0. The average Bonchev–Trinajstić information content (AvgIpc) is 2.71. The molecule has 92 valence electrons. The van der Waals surface area contributed by atoms with Crippen molar-refractivity contribution in [2.45, 2.75) is 44.5 Å². The molecule has 0 bridgehead atoms. The molecule has 0 N–H and O–H groups in total. The van der Waals surface area contributed by atoms with Gasteiger partial charge >= 0.3 is 0 Å². The molecule has 0 aliphatic heterocycles. The Bertz CT molecular complexity index is 310. The summed E-state index contributed by atoms with van der Waals surface area (Å²) in [5, 5.41) is 9.26. The van der Waals surface area contributed by atoms with Gasteiger partial charge in [0.2, 0.25) is 0 Å². The van der Waals surface area contributed by atoms with Crippen LogP contribution in [0.3, 0.4) is 0 Å². The SMILES string of the molecule is CCC(CC)c1nnc(CBr)n1CCOC. The molecule has 4 nitrogen and oxygen atoms in total. The molecule has 0 aliphatic carbocycles. The van der Waals surface area contributed by atoms with Gasteiger partial charge in [-0.25, -0.2) is 0 Å². The molecule has 0 radical (unpaired) electrons. The minimum atomic E-state index is 0.497. The van der Waals surface area contributed by atoms with E-state index in [2.05, 4.69) is 44.5 Å². The van der Waals surface area contributed by atoms with Crippen LogP contribution >= 0.6 is 15.9 Å². The average molecular weight is 290 g/mol. The van der Waals surface area contributed by atoms with Gasteiger partial charge in [0.1, 0.15) is 11.6 Å². The quantitative estimate of drug-likeness (QED) is 0.725. The molecule has 1 aromatic heterocycles. The van der Waals surface area contributed by atoms with E-state index < -0.39 is 0 Å². The first kappa shape index (κ1) is 13.6. The molecular formula is C11H20BrN3O. The lowest BCUT2D eigenvalue weighted by Gasteiger charge is -2.14. The van der Waals surface area contributed by atoms with Crippen molar-refractivity contribution in [2.75, 3.05) is 13.7 Å².